The molecule has 0 fully saturated rings. The molecular weight excluding hydrogens is 176 g/mol. The third-order valence-corrected chi connectivity index (χ3v) is 2.83. The van der Waals surface area contributed by atoms with Crippen LogP contribution in [0.2, 0.25) is 0 Å². The van der Waals surface area contributed by atoms with E-state index < -0.39 is 0 Å². The second kappa shape index (κ2) is 5.83. The zero-order chi connectivity index (χ0) is 10.4. The van der Waals surface area contributed by atoms with Gasteiger partial charge in [-0.15, -0.1) is 0 Å². The summed E-state index contributed by atoms with van der Waals surface area (Å²) in [5.74, 6) is 7.17. The molecule has 1 aromatic heterocycles. The molecule has 14 heavy (non-hydrogen) atoms. The topological polar surface area (TPSA) is 51.2 Å². The molecule has 3 nitrogen and oxygen atoms in total. The summed E-state index contributed by atoms with van der Waals surface area (Å²) in [6.07, 6.45) is 4.86. The van der Waals surface area contributed by atoms with Crippen LogP contribution in [0, 0.1) is 5.92 Å². The summed E-state index contributed by atoms with van der Waals surface area (Å²) in [4.78, 5) is 0. The first kappa shape index (κ1) is 11.3. The molecule has 0 aromatic carbocycles. The molecular formula is C11H20N2O. The highest BCUT2D eigenvalue weighted by Gasteiger charge is 2.18. The van der Waals surface area contributed by atoms with Crippen molar-refractivity contribution in [2.24, 2.45) is 11.8 Å². The molecule has 0 spiro atoms. The maximum atomic E-state index is 5.55. The summed E-state index contributed by atoms with van der Waals surface area (Å²) in [6.45, 7) is 4.39. The van der Waals surface area contributed by atoms with Gasteiger partial charge in [-0.25, -0.2) is 0 Å². The molecule has 0 saturated carbocycles. The minimum absolute atomic E-state index is 0.316. The van der Waals surface area contributed by atoms with E-state index in [1.54, 1.807) is 6.26 Å². The summed E-state index contributed by atoms with van der Waals surface area (Å²) in [5, 5.41) is 0. The normalized spacial score (nSPS) is 13.4. The van der Waals surface area contributed by atoms with Crippen molar-refractivity contribution in [2.45, 2.75) is 39.2 Å². The molecule has 80 valence electrons. The average molecular weight is 196 g/mol. The summed E-state index contributed by atoms with van der Waals surface area (Å²) in [6, 6.07) is 4.22. The number of hydrogen-bond donors (Lipinski definition) is 2. The number of furan rings is 1. The van der Waals surface area contributed by atoms with Crippen molar-refractivity contribution in [3.8, 4) is 0 Å². The van der Waals surface area contributed by atoms with Crippen LogP contribution in [0.5, 0.6) is 0 Å². The van der Waals surface area contributed by atoms with Gasteiger partial charge in [-0.2, -0.15) is 0 Å². The Bertz CT molecular complexity index is 229. The lowest BCUT2D eigenvalue weighted by atomic mass is 9.92. The Morgan fingerprint density at radius 1 is 1.43 bits per heavy atom. The molecule has 1 heterocycles. The number of nitrogens with one attached hydrogen (secondary N) is 1. The second-order valence-corrected chi connectivity index (χ2v) is 3.63. The molecule has 0 aliphatic rings. The van der Waals surface area contributed by atoms with Crippen LogP contribution in [0.25, 0.3) is 0 Å². The molecule has 0 saturated heterocycles. The number of rotatable bonds is 6. The van der Waals surface area contributed by atoms with E-state index in [-0.39, 0.29) is 0 Å². The Morgan fingerprint density at radius 2 is 2.14 bits per heavy atom. The second-order valence-electron chi connectivity index (χ2n) is 3.63. The van der Waals surface area contributed by atoms with Gasteiger partial charge in [-0.3, -0.25) is 11.3 Å². The maximum absolute atomic E-state index is 5.55. The molecule has 0 bridgehead atoms. The quantitative estimate of drug-likeness (QED) is 0.541. The zero-order valence-electron chi connectivity index (χ0n) is 8.99. The van der Waals surface area contributed by atoms with Crippen LogP contribution >= 0.6 is 0 Å². The van der Waals surface area contributed by atoms with Gasteiger partial charge in [-0.05, 0) is 18.1 Å². The minimum atomic E-state index is 0.316. The van der Waals surface area contributed by atoms with E-state index in [9.17, 15) is 0 Å². The van der Waals surface area contributed by atoms with E-state index in [1.807, 2.05) is 12.1 Å². The molecule has 0 radical (unpaired) electrons. The lowest BCUT2D eigenvalue weighted by Gasteiger charge is -2.23. The van der Waals surface area contributed by atoms with Crippen molar-refractivity contribution in [1.82, 2.24) is 5.43 Å². The van der Waals surface area contributed by atoms with Crippen molar-refractivity contribution >= 4 is 0 Å². The Labute approximate surface area is 85.6 Å². The van der Waals surface area contributed by atoms with Crippen LogP contribution < -0.4 is 11.3 Å². The summed E-state index contributed by atoms with van der Waals surface area (Å²) in [5.41, 5.74) is 2.88. The Kier molecular flexibility index (Phi) is 4.70. The van der Waals surface area contributed by atoms with Crippen LogP contribution in [0.3, 0.4) is 0 Å². The number of hydrazine groups is 1. The van der Waals surface area contributed by atoms with Gasteiger partial charge in [0, 0.05) is 12.5 Å². The summed E-state index contributed by atoms with van der Waals surface area (Å²) in [7, 11) is 0. The van der Waals surface area contributed by atoms with Crippen LogP contribution in [-0.2, 0) is 6.42 Å². The summed E-state index contributed by atoms with van der Waals surface area (Å²) >= 11 is 0. The van der Waals surface area contributed by atoms with E-state index in [0.717, 1.165) is 25.0 Å². The van der Waals surface area contributed by atoms with E-state index in [2.05, 4.69) is 19.3 Å². The molecule has 0 amide bonds. The molecule has 0 aliphatic heterocycles. The lowest BCUT2D eigenvalue weighted by molar-refractivity contribution is 0.318. The largest absolute Gasteiger partial charge is 0.469 e. The maximum Gasteiger partial charge on any atom is 0.105 e. The fourth-order valence-electron chi connectivity index (χ4n) is 1.86. The first-order chi connectivity index (χ1) is 6.81. The fraction of sp³-hybridized carbons (Fsp3) is 0.636. The van der Waals surface area contributed by atoms with E-state index in [0.29, 0.717) is 12.0 Å². The van der Waals surface area contributed by atoms with Gasteiger partial charge in [0.25, 0.3) is 0 Å². The molecule has 3 N–H and O–H groups in total. The Balaban J connectivity index is 2.53. The van der Waals surface area contributed by atoms with Gasteiger partial charge < -0.3 is 4.42 Å². The highest BCUT2D eigenvalue weighted by atomic mass is 16.3. The van der Waals surface area contributed by atoms with E-state index in [4.69, 9.17) is 10.3 Å². The SMILES string of the molecule is CCC(CC)C(Cc1ccco1)NN. The standard InChI is InChI=1S/C11H20N2O/c1-3-9(4-2)11(13-12)8-10-6-5-7-14-10/h5-7,9,11,13H,3-4,8,12H2,1-2H3. The van der Waals surface area contributed by atoms with Crippen LogP contribution in [0.15, 0.2) is 22.8 Å². The summed E-state index contributed by atoms with van der Waals surface area (Å²) < 4.78 is 5.31. The van der Waals surface area contributed by atoms with E-state index in [1.165, 1.54) is 0 Å². The van der Waals surface area contributed by atoms with Crippen LogP contribution in [0.4, 0.5) is 0 Å². The zero-order valence-corrected chi connectivity index (χ0v) is 8.99. The third kappa shape index (κ3) is 2.86. The van der Waals surface area contributed by atoms with Gasteiger partial charge in [-0.1, -0.05) is 26.7 Å². The fourth-order valence-corrected chi connectivity index (χ4v) is 1.86. The molecule has 3 heteroatoms. The monoisotopic (exact) mass is 196 g/mol. The van der Waals surface area contributed by atoms with Crippen LogP contribution in [-0.4, -0.2) is 6.04 Å². The van der Waals surface area contributed by atoms with Crippen LogP contribution in [0.1, 0.15) is 32.4 Å². The molecule has 1 rings (SSSR count). The van der Waals surface area contributed by atoms with Gasteiger partial charge in [0.2, 0.25) is 0 Å². The third-order valence-electron chi connectivity index (χ3n) is 2.83. The van der Waals surface area contributed by atoms with Gasteiger partial charge in [0.1, 0.15) is 5.76 Å². The van der Waals surface area contributed by atoms with Crippen molar-refractivity contribution in [2.75, 3.05) is 0 Å². The number of nitrogens with two attached hydrogens (primary N) is 1. The average Bonchev–Trinajstić information content (AvgIpc) is 2.70. The highest BCUT2D eigenvalue weighted by molar-refractivity contribution is 5.01. The van der Waals surface area contributed by atoms with Crippen molar-refractivity contribution < 1.29 is 4.42 Å². The highest BCUT2D eigenvalue weighted by Crippen LogP contribution is 2.16. The molecule has 1 unspecified atom stereocenters. The van der Waals surface area contributed by atoms with Crippen molar-refractivity contribution in [1.29, 1.82) is 0 Å². The number of hydrogen-bond acceptors (Lipinski definition) is 3. The molecule has 1 atom stereocenters. The smallest absolute Gasteiger partial charge is 0.105 e. The molecule has 1 aromatic rings. The first-order valence-electron chi connectivity index (χ1n) is 5.30. The van der Waals surface area contributed by atoms with Gasteiger partial charge in [0.15, 0.2) is 0 Å². The lowest BCUT2D eigenvalue weighted by Crippen LogP contribution is -2.42. The Morgan fingerprint density at radius 3 is 2.57 bits per heavy atom. The van der Waals surface area contributed by atoms with Crippen molar-refractivity contribution in [3.63, 3.8) is 0 Å². The predicted octanol–water partition coefficient (Wildman–Crippen LogP) is 2.09. The Hall–Kier alpha value is -0.800. The first-order valence-corrected chi connectivity index (χ1v) is 5.30. The minimum Gasteiger partial charge on any atom is -0.469 e. The van der Waals surface area contributed by atoms with Gasteiger partial charge >= 0.3 is 0 Å². The van der Waals surface area contributed by atoms with E-state index >= 15 is 0 Å². The predicted molar refractivity (Wildman–Crippen MR) is 57.6 cm³/mol. The molecule has 0 aliphatic carbocycles. The van der Waals surface area contributed by atoms with Gasteiger partial charge in [0.05, 0.1) is 6.26 Å². The van der Waals surface area contributed by atoms with Crippen molar-refractivity contribution in [3.05, 3.63) is 24.2 Å².